The van der Waals surface area contributed by atoms with Gasteiger partial charge in [-0.05, 0) is 36.2 Å². The van der Waals surface area contributed by atoms with Crippen LogP contribution in [0.3, 0.4) is 0 Å². The summed E-state index contributed by atoms with van der Waals surface area (Å²) in [7, 11) is 1.95. The van der Waals surface area contributed by atoms with Crippen LogP contribution in [0.25, 0.3) is 0 Å². The average molecular weight is 299 g/mol. The number of aromatic nitrogens is 2. The lowest BCUT2D eigenvalue weighted by Gasteiger charge is -2.23. The zero-order valence-corrected chi connectivity index (χ0v) is 12.5. The van der Waals surface area contributed by atoms with Crippen molar-refractivity contribution in [2.45, 2.75) is 39.8 Å². The minimum atomic E-state index is 0.349. The Bertz CT molecular complexity index is 417. The molecule has 0 saturated heterocycles. The third-order valence-electron chi connectivity index (χ3n) is 2.86. The molecule has 94 valence electrons. The minimum Gasteiger partial charge on any atom is -0.282 e. The Balaban J connectivity index is 2.93. The van der Waals surface area contributed by atoms with Gasteiger partial charge in [0.25, 0.3) is 0 Å². The Labute approximate surface area is 111 Å². The number of rotatable bonds is 5. The Morgan fingerprint density at radius 3 is 2.59 bits per heavy atom. The zero-order chi connectivity index (χ0) is 13.0. The number of nitrogens with zero attached hydrogens (tertiary/aromatic N) is 4. The van der Waals surface area contributed by atoms with Crippen LogP contribution in [-0.4, -0.2) is 27.3 Å². The predicted octanol–water partition coefficient (Wildman–Crippen LogP) is 2.48. The van der Waals surface area contributed by atoms with Gasteiger partial charge in [-0.15, -0.1) is 0 Å². The van der Waals surface area contributed by atoms with Crippen LogP contribution in [0.15, 0.2) is 4.47 Å². The van der Waals surface area contributed by atoms with Crippen molar-refractivity contribution in [3.63, 3.8) is 0 Å². The van der Waals surface area contributed by atoms with Crippen molar-refractivity contribution in [1.29, 1.82) is 5.26 Å². The topological polar surface area (TPSA) is 44.9 Å². The molecule has 0 saturated carbocycles. The van der Waals surface area contributed by atoms with E-state index in [1.165, 1.54) is 0 Å². The second kappa shape index (κ2) is 6.18. The largest absolute Gasteiger partial charge is 0.282 e. The summed E-state index contributed by atoms with van der Waals surface area (Å²) in [5, 5.41) is 13.3. The van der Waals surface area contributed by atoms with Crippen LogP contribution in [0.4, 0.5) is 0 Å². The number of halogens is 1. The van der Waals surface area contributed by atoms with Crippen LogP contribution in [-0.2, 0) is 20.0 Å². The molecule has 0 N–H and O–H groups in total. The first-order valence-electron chi connectivity index (χ1n) is 5.82. The molecule has 0 bridgehead atoms. The molecular formula is C12H19BrN4. The van der Waals surface area contributed by atoms with Crippen molar-refractivity contribution in [1.82, 2.24) is 14.7 Å². The van der Waals surface area contributed by atoms with Gasteiger partial charge < -0.3 is 0 Å². The monoisotopic (exact) mass is 298 g/mol. The lowest BCUT2D eigenvalue weighted by atomic mass is 10.2. The Kier molecular flexibility index (Phi) is 5.16. The first-order chi connectivity index (χ1) is 8.01. The molecule has 0 amide bonds. The molecule has 0 fully saturated rings. The molecule has 0 unspecified atom stereocenters. The summed E-state index contributed by atoms with van der Waals surface area (Å²) in [6, 6.07) is 2.56. The van der Waals surface area contributed by atoms with Gasteiger partial charge in [0, 0.05) is 19.6 Å². The number of aryl methyl sites for hydroxylation is 2. The van der Waals surface area contributed by atoms with Crippen molar-refractivity contribution in [2.75, 3.05) is 6.54 Å². The maximum Gasteiger partial charge on any atom is 0.0871 e. The van der Waals surface area contributed by atoms with E-state index in [9.17, 15) is 0 Å². The van der Waals surface area contributed by atoms with Crippen molar-refractivity contribution < 1.29 is 0 Å². The molecule has 5 heteroatoms. The third kappa shape index (κ3) is 3.30. The highest BCUT2D eigenvalue weighted by atomic mass is 79.9. The lowest BCUT2D eigenvalue weighted by Crippen LogP contribution is -2.31. The van der Waals surface area contributed by atoms with Crippen LogP contribution < -0.4 is 0 Å². The quantitative estimate of drug-likeness (QED) is 0.785. The molecule has 0 aromatic carbocycles. The van der Waals surface area contributed by atoms with Gasteiger partial charge >= 0.3 is 0 Å². The summed E-state index contributed by atoms with van der Waals surface area (Å²) in [6.45, 7) is 7.48. The first kappa shape index (κ1) is 14.2. The molecule has 4 nitrogen and oxygen atoms in total. The zero-order valence-electron chi connectivity index (χ0n) is 10.9. The normalized spacial score (nSPS) is 11.2. The molecule has 0 atom stereocenters. The summed E-state index contributed by atoms with van der Waals surface area (Å²) in [5.41, 5.74) is 2.20. The van der Waals surface area contributed by atoms with Gasteiger partial charge in [0.15, 0.2) is 0 Å². The van der Waals surface area contributed by atoms with Crippen molar-refractivity contribution in [3.8, 4) is 6.07 Å². The molecule has 1 heterocycles. The van der Waals surface area contributed by atoms with Gasteiger partial charge in [-0.1, -0.05) is 6.92 Å². The van der Waals surface area contributed by atoms with E-state index in [1.807, 2.05) is 11.7 Å². The second-order valence-corrected chi connectivity index (χ2v) is 5.13. The summed E-state index contributed by atoms with van der Waals surface area (Å²) in [4.78, 5) is 2.13. The molecule has 0 aliphatic carbocycles. The van der Waals surface area contributed by atoms with Gasteiger partial charge in [0.1, 0.15) is 0 Å². The van der Waals surface area contributed by atoms with Crippen LogP contribution in [0.1, 0.15) is 32.2 Å². The molecule has 0 aliphatic rings. The average Bonchev–Trinajstić information content (AvgIpc) is 2.55. The van der Waals surface area contributed by atoms with E-state index in [0.29, 0.717) is 12.6 Å². The summed E-state index contributed by atoms with van der Waals surface area (Å²) in [5.74, 6) is 0. The fourth-order valence-corrected chi connectivity index (χ4v) is 2.44. The van der Waals surface area contributed by atoms with E-state index < -0.39 is 0 Å². The summed E-state index contributed by atoms with van der Waals surface area (Å²) >= 11 is 3.60. The van der Waals surface area contributed by atoms with Crippen LogP contribution in [0, 0.1) is 11.3 Å². The fraction of sp³-hybridized carbons (Fsp3) is 0.667. The molecule has 1 aromatic heterocycles. The van der Waals surface area contributed by atoms with Crippen molar-refractivity contribution in [3.05, 3.63) is 15.9 Å². The molecule has 0 radical (unpaired) electrons. The summed E-state index contributed by atoms with van der Waals surface area (Å²) < 4.78 is 2.97. The maximum atomic E-state index is 8.83. The number of nitriles is 1. The Morgan fingerprint density at radius 2 is 2.18 bits per heavy atom. The van der Waals surface area contributed by atoms with E-state index in [2.05, 4.69) is 52.8 Å². The standard InChI is InChI=1S/C12H19BrN4/c1-5-10-12(13)11(16(4)15-10)8-17(7-6-14)9(2)3/h9H,5,7-8H2,1-4H3. The molecule has 17 heavy (non-hydrogen) atoms. The SMILES string of the molecule is CCc1nn(C)c(CN(CC#N)C(C)C)c1Br. The van der Waals surface area contributed by atoms with E-state index in [-0.39, 0.29) is 0 Å². The fourth-order valence-electron chi connectivity index (χ4n) is 1.70. The molecule has 1 aromatic rings. The minimum absolute atomic E-state index is 0.349. The molecule has 0 aliphatic heterocycles. The highest BCUT2D eigenvalue weighted by Gasteiger charge is 2.17. The van der Waals surface area contributed by atoms with Crippen LogP contribution in [0.2, 0.25) is 0 Å². The Hall–Kier alpha value is -0.860. The molecule has 1 rings (SSSR count). The second-order valence-electron chi connectivity index (χ2n) is 4.34. The smallest absolute Gasteiger partial charge is 0.0871 e. The third-order valence-corrected chi connectivity index (χ3v) is 3.78. The maximum absolute atomic E-state index is 8.83. The highest BCUT2D eigenvalue weighted by Crippen LogP contribution is 2.23. The van der Waals surface area contributed by atoms with Gasteiger partial charge in [0.05, 0.1) is 28.5 Å². The number of hydrogen-bond donors (Lipinski definition) is 0. The van der Waals surface area contributed by atoms with E-state index >= 15 is 0 Å². The van der Waals surface area contributed by atoms with Gasteiger partial charge in [0.2, 0.25) is 0 Å². The van der Waals surface area contributed by atoms with Crippen molar-refractivity contribution in [2.24, 2.45) is 7.05 Å². The van der Waals surface area contributed by atoms with E-state index in [1.54, 1.807) is 0 Å². The van der Waals surface area contributed by atoms with Gasteiger partial charge in [-0.3, -0.25) is 9.58 Å². The Morgan fingerprint density at radius 1 is 1.53 bits per heavy atom. The predicted molar refractivity (Wildman–Crippen MR) is 71.4 cm³/mol. The van der Waals surface area contributed by atoms with E-state index in [4.69, 9.17) is 5.26 Å². The van der Waals surface area contributed by atoms with Crippen molar-refractivity contribution >= 4 is 15.9 Å². The lowest BCUT2D eigenvalue weighted by molar-refractivity contribution is 0.233. The molecule has 0 spiro atoms. The van der Waals surface area contributed by atoms with Crippen LogP contribution in [0.5, 0.6) is 0 Å². The molecular weight excluding hydrogens is 280 g/mol. The summed E-state index contributed by atoms with van der Waals surface area (Å²) in [6.07, 6.45) is 0.911. The van der Waals surface area contributed by atoms with Gasteiger partial charge in [-0.2, -0.15) is 10.4 Å². The van der Waals surface area contributed by atoms with Gasteiger partial charge in [-0.25, -0.2) is 0 Å². The highest BCUT2D eigenvalue weighted by molar-refractivity contribution is 9.10. The first-order valence-corrected chi connectivity index (χ1v) is 6.61. The van der Waals surface area contributed by atoms with Crippen LogP contribution >= 0.6 is 15.9 Å². The number of hydrogen-bond acceptors (Lipinski definition) is 3. The van der Waals surface area contributed by atoms with E-state index in [0.717, 1.165) is 28.8 Å².